The van der Waals surface area contributed by atoms with E-state index < -0.39 is 0 Å². The first kappa shape index (κ1) is 16.6. The molecule has 25 heavy (non-hydrogen) atoms. The van der Waals surface area contributed by atoms with Crippen LogP contribution in [0.1, 0.15) is 46.1 Å². The van der Waals surface area contributed by atoms with E-state index in [1.807, 2.05) is 4.90 Å². The van der Waals surface area contributed by atoms with Gasteiger partial charge in [-0.05, 0) is 59.8 Å². The van der Waals surface area contributed by atoms with E-state index in [0.717, 1.165) is 36.3 Å². The number of hydrogen-bond acceptors (Lipinski definition) is 3. The number of aromatic amines is 1. The summed E-state index contributed by atoms with van der Waals surface area (Å²) < 4.78 is 0.858. The normalized spacial score (nSPS) is 17.9. The molecule has 1 aromatic heterocycles. The number of halogens is 1. The molecule has 0 radical (unpaired) electrons. The van der Waals surface area contributed by atoms with Crippen molar-refractivity contribution in [1.29, 1.82) is 0 Å². The van der Waals surface area contributed by atoms with Gasteiger partial charge in [-0.15, -0.1) is 0 Å². The van der Waals surface area contributed by atoms with Crippen LogP contribution in [0.2, 0.25) is 0 Å². The molecule has 2 aliphatic rings. The van der Waals surface area contributed by atoms with Crippen LogP contribution in [0.5, 0.6) is 0 Å². The summed E-state index contributed by atoms with van der Waals surface area (Å²) in [6, 6.07) is 6.42. The van der Waals surface area contributed by atoms with E-state index in [1.165, 1.54) is 29.7 Å². The number of H-pyrrole nitrogens is 1. The topological polar surface area (TPSA) is 52.2 Å². The lowest BCUT2D eigenvalue weighted by molar-refractivity contribution is 0.0740. The molecular weight excluding hydrogens is 380 g/mol. The number of carbonyl (C=O) groups is 1. The highest BCUT2D eigenvalue weighted by atomic mass is 79.9. The number of carbonyl (C=O) groups excluding carboxylic acids is 1. The van der Waals surface area contributed by atoms with Gasteiger partial charge in [0.15, 0.2) is 5.69 Å². The van der Waals surface area contributed by atoms with Crippen LogP contribution in [0, 0.1) is 13.8 Å². The number of rotatable bonds is 3. The zero-order valence-corrected chi connectivity index (χ0v) is 16.3. The summed E-state index contributed by atoms with van der Waals surface area (Å²) in [5.41, 5.74) is 5.53. The summed E-state index contributed by atoms with van der Waals surface area (Å²) in [6.45, 7) is 7.48. The smallest absolute Gasteiger partial charge is 0.275 e. The lowest BCUT2D eigenvalue weighted by Gasteiger charge is -2.36. The molecule has 5 nitrogen and oxygen atoms in total. The van der Waals surface area contributed by atoms with Crippen molar-refractivity contribution in [2.45, 2.75) is 32.6 Å². The second-order valence-corrected chi connectivity index (χ2v) is 7.87. The van der Waals surface area contributed by atoms with Gasteiger partial charge in [0.25, 0.3) is 5.91 Å². The summed E-state index contributed by atoms with van der Waals surface area (Å²) in [6.07, 6.45) is 2.37. The fourth-order valence-electron chi connectivity index (χ4n) is 3.50. The van der Waals surface area contributed by atoms with Gasteiger partial charge >= 0.3 is 0 Å². The summed E-state index contributed by atoms with van der Waals surface area (Å²) >= 11 is 3.57. The zero-order valence-electron chi connectivity index (χ0n) is 14.7. The third-order valence-electron chi connectivity index (χ3n) is 5.40. The fraction of sp³-hybridized carbons (Fsp3) is 0.474. The number of benzene rings is 1. The zero-order chi connectivity index (χ0) is 17.6. The van der Waals surface area contributed by atoms with Crippen molar-refractivity contribution in [3.05, 3.63) is 45.2 Å². The minimum absolute atomic E-state index is 0.0237. The maximum absolute atomic E-state index is 12.8. The molecule has 1 aromatic carbocycles. The molecule has 0 bridgehead atoms. The lowest BCUT2D eigenvalue weighted by atomic mass is 10.1. The molecule has 132 valence electrons. The summed E-state index contributed by atoms with van der Waals surface area (Å²) in [5.74, 6) is 0.570. The first-order chi connectivity index (χ1) is 12.1. The predicted octanol–water partition coefficient (Wildman–Crippen LogP) is 3.63. The number of nitrogens with zero attached hydrogens (tertiary/aromatic N) is 3. The summed E-state index contributed by atoms with van der Waals surface area (Å²) in [4.78, 5) is 17.1. The molecule has 2 heterocycles. The van der Waals surface area contributed by atoms with Gasteiger partial charge in [0, 0.05) is 37.8 Å². The second-order valence-electron chi connectivity index (χ2n) is 7.07. The summed E-state index contributed by atoms with van der Waals surface area (Å²) in [5, 5.41) is 7.33. The van der Waals surface area contributed by atoms with Crippen LogP contribution in [0.15, 0.2) is 22.7 Å². The van der Waals surface area contributed by atoms with E-state index in [2.05, 4.69) is 63.1 Å². The highest BCUT2D eigenvalue weighted by Gasteiger charge is 2.32. The lowest BCUT2D eigenvalue weighted by Crippen LogP contribution is -2.49. The van der Waals surface area contributed by atoms with Gasteiger partial charge in [-0.25, -0.2) is 0 Å². The van der Waals surface area contributed by atoms with Crippen LogP contribution >= 0.6 is 15.9 Å². The van der Waals surface area contributed by atoms with E-state index in [1.54, 1.807) is 0 Å². The fourth-order valence-corrected chi connectivity index (χ4v) is 4.18. The minimum Gasteiger partial charge on any atom is -0.368 e. The van der Waals surface area contributed by atoms with Gasteiger partial charge in [-0.3, -0.25) is 9.89 Å². The number of hydrogen-bond donors (Lipinski definition) is 1. The monoisotopic (exact) mass is 402 g/mol. The van der Waals surface area contributed by atoms with Crippen LogP contribution in [-0.4, -0.2) is 47.2 Å². The molecule has 1 amide bonds. The Labute approximate surface area is 156 Å². The van der Waals surface area contributed by atoms with Crippen LogP contribution < -0.4 is 4.90 Å². The molecule has 1 saturated heterocycles. The molecule has 1 aliphatic carbocycles. The largest absolute Gasteiger partial charge is 0.368 e. The third kappa shape index (κ3) is 3.08. The molecule has 0 unspecified atom stereocenters. The molecule has 6 heteroatoms. The van der Waals surface area contributed by atoms with Crippen molar-refractivity contribution in [1.82, 2.24) is 15.1 Å². The maximum atomic E-state index is 12.8. The van der Waals surface area contributed by atoms with Crippen molar-refractivity contribution >= 4 is 27.5 Å². The van der Waals surface area contributed by atoms with E-state index in [4.69, 9.17) is 0 Å². The molecule has 1 N–H and O–H groups in total. The molecule has 1 aliphatic heterocycles. The molecule has 2 fully saturated rings. The molecule has 0 spiro atoms. The maximum Gasteiger partial charge on any atom is 0.275 e. The van der Waals surface area contributed by atoms with Gasteiger partial charge in [0.2, 0.25) is 0 Å². The van der Waals surface area contributed by atoms with E-state index in [0.29, 0.717) is 11.6 Å². The Morgan fingerprint density at radius 2 is 1.92 bits per heavy atom. The van der Waals surface area contributed by atoms with Gasteiger partial charge in [-0.1, -0.05) is 12.1 Å². The molecule has 1 saturated carbocycles. The Hall–Kier alpha value is -1.82. The predicted molar refractivity (Wildman–Crippen MR) is 102 cm³/mol. The first-order valence-corrected chi connectivity index (χ1v) is 9.69. The van der Waals surface area contributed by atoms with Crippen molar-refractivity contribution in [3.63, 3.8) is 0 Å². The average molecular weight is 403 g/mol. The third-order valence-corrected chi connectivity index (χ3v) is 6.21. The van der Waals surface area contributed by atoms with Crippen LogP contribution in [0.4, 0.5) is 5.69 Å². The van der Waals surface area contributed by atoms with E-state index >= 15 is 0 Å². The summed E-state index contributed by atoms with van der Waals surface area (Å²) in [7, 11) is 0. The Balaban J connectivity index is 1.45. The molecule has 4 rings (SSSR count). The first-order valence-electron chi connectivity index (χ1n) is 8.90. The Bertz CT molecular complexity index is 804. The number of nitrogens with one attached hydrogen (secondary N) is 1. The number of piperazine rings is 1. The number of amides is 1. The van der Waals surface area contributed by atoms with Crippen molar-refractivity contribution in [2.75, 3.05) is 31.1 Å². The van der Waals surface area contributed by atoms with E-state index in [-0.39, 0.29) is 5.91 Å². The van der Waals surface area contributed by atoms with Crippen molar-refractivity contribution < 1.29 is 4.79 Å². The average Bonchev–Trinajstić information content (AvgIpc) is 3.39. The highest BCUT2D eigenvalue weighted by molar-refractivity contribution is 9.10. The number of anilines is 1. The Morgan fingerprint density at radius 3 is 2.60 bits per heavy atom. The van der Waals surface area contributed by atoms with Gasteiger partial charge < -0.3 is 9.80 Å². The van der Waals surface area contributed by atoms with Crippen LogP contribution in [-0.2, 0) is 0 Å². The Morgan fingerprint density at radius 1 is 1.20 bits per heavy atom. The molecular formula is C19H23BrN4O. The Kier molecular flexibility index (Phi) is 4.31. The highest BCUT2D eigenvalue weighted by Crippen LogP contribution is 2.43. The minimum atomic E-state index is 0.0237. The second kappa shape index (κ2) is 6.48. The van der Waals surface area contributed by atoms with Gasteiger partial charge in [0.05, 0.1) is 10.2 Å². The van der Waals surface area contributed by atoms with Gasteiger partial charge in [0.1, 0.15) is 0 Å². The number of aryl methyl sites for hydroxylation is 1. The van der Waals surface area contributed by atoms with Crippen molar-refractivity contribution in [2.24, 2.45) is 0 Å². The quantitative estimate of drug-likeness (QED) is 0.852. The number of aromatic nitrogens is 2. The molecule has 0 atom stereocenters. The van der Waals surface area contributed by atoms with Crippen LogP contribution in [0.25, 0.3) is 0 Å². The van der Waals surface area contributed by atoms with Crippen molar-refractivity contribution in [3.8, 4) is 0 Å². The van der Waals surface area contributed by atoms with E-state index in [9.17, 15) is 4.79 Å². The SMILES string of the molecule is Cc1cccc(N2CCN(C(=O)c3n[nH]c(C4CC4)c3Br)CC2)c1C. The van der Waals surface area contributed by atoms with Crippen LogP contribution in [0.3, 0.4) is 0 Å². The molecule has 2 aromatic rings. The van der Waals surface area contributed by atoms with Gasteiger partial charge in [-0.2, -0.15) is 5.10 Å². The standard InChI is InChI=1S/C19H23BrN4O/c1-12-4-3-5-15(13(12)2)23-8-10-24(11-9-23)19(25)18-16(20)17(21-22-18)14-6-7-14/h3-5,14H,6-11H2,1-2H3,(H,21,22).